The second kappa shape index (κ2) is 4.90. The highest BCUT2D eigenvalue weighted by atomic mass is 31.1. The lowest BCUT2D eigenvalue weighted by Gasteiger charge is -1.93. The summed E-state index contributed by atoms with van der Waals surface area (Å²) in [6.45, 7) is 3.65. The summed E-state index contributed by atoms with van der Waals surface area (Å²) in [6, 6.07) is 7.51. The molecule has 0 bridgehead atoms. The normalized spacial score (nSPS) is 11.0. The Morgan fingerprint density at radius 1 is 1.46 bits per heavy atom. The molecule has 0 heterocycles. The van der Waals surface area contributed by atoms with Crippen molar-refractivity contribution in [3.8, 4) is 0 Å². The molecule has 0 aliphatic rings. The minimum absolute atomic E-state index is 0.727. The molecule has 0 aliphatic heterocycles. The van der Waals surface area contributed by atoms with Gasteiger partial charge < -0.3 is 0 Å². The lowest BCUT2D eigenvalue weighted by molar-refractivity contribution is 0.423. The highest BCUT2D eigenvalue weighted by molar-refractivity contribution is 7.48. The first-order chi connectivity index (χ1) is 6.27. The summed E-state index contributed by atoms with van der Waals surface area (Å²) >= 11 is 0. The molecule has 1 rings (SSSR count). The standard InChI is InChI=1S/C10H12O2P/c1-3-4-9-5-7-10(8-6-9)13(11)12-2/h3,5-8H,1,4H2,2H3/q+1. The molecule has 1 aromatic rings. The fourth-order valence-electron chi connectivity index (χ4n) is 1.03. The van der Waals surface area contributed by atoms with Gasteiger partial charge in [-0.15, -0.1) is 11.1 Å². The van der Waals surface area contributed by atoms with E-state index < -0.39 is 8.03 Å². The second-order valence-electron chi connectivity index (χ2n) is 2.60. The van der Waals surface area contributed by atoms with E-state index >= 15 is 0 Å². The quantitative estimate of drug-likeness (QED) is 0.544. The van der Waals surface area contributed by atoms with E-state index in [1.54, 1.807) is 0 Å². The first kappa shape index (κ1) is 10.1. The lowest BCUT2D eigenvalue weighted by Crippen LogP contribution is -1.96. The van der Waals surface area contributed by atoms with Gasteiger partial charge in [0.05, 0.1) is 7.11 Å². The largest absolute Gasteiger partial charge is 0.548 e. The number of rotatable bonds is 4. The van der Waals surface area contributed by atoms with Crippen LogP contribution in [0.3, 0.4) is 0 Å². The zero-order chi connectivity index (χ0) is 9.68. The monoisotopic (exact) mass is 195 g/mol. The SMILES string of the molecule is C=CCc1ccc([P+](=O)OC)cc1. The average molecular weight is 195 g/mol. The molecule has 13 heavy (non-hydrogen) atoms. The number of benzene rings is 1. The van der Waals surface area contributed by atoms with Crippen LogP contribution in [-0.4, -0.2) is 7.11 Å². The van der Waals surface area contributed by atoms with E-state index in [0.29, 0.717) is 0 Å². The molecule has 0 radical (unpaired) electrons. The van der Waals surface area contributed by atoms with Crippen LogP contribution in [0.15, 0.2) is 36.9 Å². The molecule has 0 saturated heterocycles. The van der Waals surface area contributed by atoms with Crippen LogP contribution in [0.1, 0.15) is 5.56 Å². The smallest absolute Gasteiger partial charge is 0.145 e. The van der Waals surface area contributed by atoms with Crippen LogP contribution < -0.4 is 5.30 Å². The van der Waals surface area contributed by atoms with Crippen LogP contribution in [0.5, 0.6) is 0 Å². The third-order valence-electron chi connectivity index (χ3n) is 1.69. The van der Waals surface area contributed by atoms with Gasteiger partial charge in [-0.3, -0.25) is 0 Å². The zero-order valence-electron chi connectivity index (χ0n) is 7.56. The molecule has 68 valence electrons. The van der Waals surface area contributed by atoms with Crippen molar-refractivity contribution in [2.75, 3.05) is 7.11 Å². The summed E-state index contributed by atoms with van der Waals surface area (Å²) in [7, 11) is -0.230. The highest BCUT2D eigenvalue weighted by Gasteiger charge is 2.18. The van der Waals surface area contributed by atoms with Crippen molar-refractivity contribution < 1.29 is 9.09 Å². The molecule has 1 atom stereocenters. The van der Waals surface area contributed by atoms with Crippen molar-refractivity contribution in [2.45, 2.75) is 6.42 Å². The van der Waals surface area contributed by atoms with Crippen LogP contribution in [0.25, 0.3) is 0 Å². The summed E-state index contributed by atoms with van der Waals surface area (Å²) in [4.78, 5) is 0. The summed E-state index contributed by atoms with van der Waals surface area (Å²) < 4.78 is 15.9. The van der Waals surface area contributed by atoms with E-state index in [-0.39, 0.29) is 0 Å². The van der Waals surface area contributed by atoms with Crippen LogP contribution in [0.2, 0.25) is 0 Å². The Morgan fingerprint density at radius 2 is 2.08 bits per heavy atom. The van der Waals surface area contributed by atoms with E-state index in [1.165, 1.54) is 12.7 Å². The molecule has 0 N–H and O–H groups in total. The Labute approximate surface area is 79.1 Å². The van der Waals surface area contributed by atoms with Gasteiger partial charge in [0, 0.05) is 0 Å². The van der Waals surface area contributed by atoms with Gasteiger partial charge in [-0.2, -0.15) is 0 Å². The Balaban J connectivity index is 2.80. The van der Waals surface area contributed by atoms with Crippen LogP contribution >= 0.6 is 8.03 Å². The van der Waals surface area contributed by atoms with E-state index in [0.717, 1.165) is 11.7 Å². The van der Waals surface area contributed by atoms with Crippen LogP contribution in [0.4, 0.5) is 0 Å². The molecule has 0 aliphatic carbocycles. The predicted molar refractivity (Wildman–Crippen MR) is 54.6 cm³/mol. The Morgan fingerprint density at radius 3 is 2.54 bits per heavy atom. The molecule has 0 aromatic heterocycles. The van der Waals surface area contributed by atoms with Crippen LogP contribution in [0, 0.1) is 0 Å². The molecule has 0 spiro atoms. The maximum Gasteiger partial charge on any atom is 0.548 e. The molecule has 1 aromatic carbocycles. The Hall–Kier alpha value is -0.980. The molecule has 2 nitrogen and oxygen atoms in total. The third kappa shape index (κ3) is 2.76. The second-order valence-corrected chi connectivity index (χ2v) is 3.99. The molecule has 0 fully saturated rings. The summed E-state index contributed by atoms with van der Waals surface area (Å²) in [5, 5.41) is 0.727. The van der Waals surface area contributed by atoms with Crippen molar-refractivity contribution in [3.05, 3.63) is 42.5 Å². The third-order valence-corrected chi connectivity index (χ3v) is 2.74. The van der Waals surface area contributed by atoms with Gasteiger partial charge in [0.25, 0.3) is 0 Å². The molecule has 0 saturated carbocycles. The molecular weight excluding hydrogens is 183 g/mol. The Kier molecular flexibility index (Phi) is 3.81. The van der Waals surface area contributed by atoms with Gasteiger partial charge in [0.15, 0.2) is 0 Å². The average Bonchev–Trinajstić information content (AvgIpc) is 2.18. The predicted octanol–water partition coefficient (Wildman–Crippen LogP) is 2.43. The number of hydrogen-bond acceptors (Lipinski definition) is 2. The highest BCUT2D eigenvalue weighted by Crippen LogP contribution is 2.19. The maximum absolute atomic E-state index is 11.2. The molecular formula is C10H12O2P+. The van der Waals surface area contributed by atoms with Gasteiger partial charge in [-0.05, 0) is 28.7 Å². The van der Waals surface area contributed by atoms with Crippen molar-refractivity contribution in [2.24, 2.45) is 0 Å². The fourth-order valence-corrected chi connectivity index (χ4v) is 1.63. The molecule has 1 unspecified atom stereocenters. The van der Waals surface area contributed by atoms with E-state index in [4.69, 9.17) is 4.52 Å². The van der Waals surface area contributed by atoms with Crippen molar-refractivity contribution in [1.29, 1.82) is 0 Å². The summed E-state index contributed by atoms with van der Waals surface area (Å²) in [6.07, 6.45) is 2.68. The number of hydrogen-bond donors (Lipinski definition) is 0. The van der Waals surface area contributed by atoms with Gasteiger partial charge in [0.1, 0.15) is 0 Å². The van der Waals surface area contributed by atoms with Gasteiger partial charge in [0.2, 0.25) is 5.30 Å². The molecule has 0 amide bonds. The summed E-state index contributed by atoms with van der Waals surface area (Å²) in [5.74, 6) is 0. The lowest BCUT2D eigenvalue weighted by atomic mass is 10.2. The minimum atomic E-state index is -1.67. The van der Waals surface area contributed by atoms with E-state index in [9.17, 15) is 4.57 Å². The first-order valence-corrected chi connectivity index (χ1v) is 5.17. The van der Waals surface area contributed by atoms with E-state index in [2.05, 4.69) is 6.58 Å². The maximum atomic E-state index is 11.2. The zero-order valence-corrected chi connectivity index (χ0v) is 8.46. The first-order valence-electron chi connectivity index (χ1n) is 3.99. The number of allylic oxidation sites excluding steroid dienone is 1. The van der Waals surface area contributed by atoms with Gasteiger partial charge in [-0.1, -0.05) is 18.2 Å². The molecule has 3 heteroatoms. The topological polar surface area (TPSA) is 26.3 Å². The van der Waals surface area contributed by atoms with E-state index in [1.807, 2.05) is 30.3 Å². The van der Waals surface area contributed by atoms with Crippen molar-refractivity contribution in [3.63, 3.8) is 0 Å². The van der Waals surface area contributed by atoms with Gasteiger partial charge >= 0.3 is 8.03 Å². The fraction of sp³-hybridized carbons (Fsp3) is 0.200. The summed E-state index contributed by atoms with van der Waals surface area (Å²) in [5.41, 5.74) is 1.17. The van der Waals surface area contributed by atoms with Crippen LogP contribution in [-0.2, 0) is 15.5 Å². The van der Waals surface area contributed by atoms with Gasteiger partial charge in [-0.25, -0.2) is 0 Å². The van der Waals surface area contributed by atoms with Crippen molar-refractivity contribution in [1.82, 2.24) is 0 Å². The van der Waals surface area contributed by atoms with Crippen molar-refractivity contribution >= 4 is 13.3 Å². The minimum Gasteiger partial charge on any atom is -0.145 e. The Bertz CT molecular complexity index is 303.